The molecule has 1 aromatic heterocycles. The highest BCUT2D eigenvalue weighted by molar-refractivity contribution is 7.89. The lowest BCUT2D eigenvalue weighted by Crippen LogP contribution is -2.56. The van der Waals surface area contributed by atoms with Crippen LogP contribution in [0.5, 0.6) is 0 Å². The van der Waals surface area contributed by atoms with Gasteiger partial charge in [-0.15, -0.1) is 0 Å². The fraction of sp³-hybridized carbons (Fsp3) is 0.647. The maximum atomic E-state index is 13.0. The van der Waals surface area contributed by atoms with Crippen LogP contribution in [0.1, 0.15) is 37.2 Å². The van der Waals surface area contributed by atoms with Crippen LogP contribution >= 0.6 is 0 Å². The lowest BCUT2D eigenvalue weighted by atomic mass is 10.1. The molecule has 1 N–H and O–H groups in total. The molecule has 0 aromatic carbocycles. The number of hydrogen-bond acceptors (Lipinski definition) is 7. The molecule has 2 aliphatic rings. The summed E-state index contributed by atoms with van der Waals surface area (Å²) in [5.41, 5.74) is 0. The number of esters is 1. The average Bonchev–Trinajstić information content (AvgIpc) is 3.31. The number of rotatable bonds is 5. The summed E-state index contributed by atoms with van der Waals surface area (Å²) in [7, 11) is -4.02. The molecule has 1 amide bonds. The van der Waals surface area contributed by atoms with Gasteiger partial charge in [0.05, 0.1) is 6.61 Å². The molecule has 150 valence electrons. The van der Waals surface area contributed by atoms with Crippen LogP contribution in [0.2, 0.25) is 0 Å². The average molecular weight is 399 g/mol. The highest BCUT2D eigenvalue weighted by atomic mass is 32.2. The molecule has 0 bridgehead atoms. The predicted octanol–water partition coefficient (Wildman–Crippen LogP) is 0.430. The maximum Gasteiger partial charge on any atom is 0.374 e. The highest BCUT2D eigenvalue weighted by Gasteiger charge is 2.43. The van der Waals surface area contributed by atoms with Crippen molar-refractivity contribution in [3.8, 4) is 0 Å². The number of nitrogens with zero attached hydrogens (tertiary/aromatic N) is 2. The lowest BCUT2D eigenvalue weighted by Gasteiger charge is -2.35. The molecule has 27 heavy (non-hydrogen) atoms. The van der Waals surface area contributed by atoms with Gasteiger partial charge >= 0.3 is 5.97 Å². The van der Waals surface area contributed by atoms with Gasteiger partial charge in [0, 0.05) is 32.2 Å². The van der Waals surface area contributed by atoms with E-state index in [1.807, 2.05) is 6.92 Å². The van der Waals surface area contributed by atoms with Gasteiger partial charge in [-0.1, -0.05) is 0 Å². The van der Waals surface area contributed by atoms with Gasteiger partial charge in [-0.25, -0.2) is 13.2 Å². The number of nitrogens with one attached hydrogen (secondary N) is 1. The van der Waals surface area contributed by atoms with Gasteiger partial charge in [0.2, 0.25) is 16.8 Å². The third-order valence-electron chi connectivity index (χ3n) is 4.79. The quantitative estimate of drug-likeness (QED) is 0.715. The largest absolute Gasteiger partial charge is 0.460 e. The van der Waals surface area contributed by atoms with Crippen LogP contribution in [-0.4, -0.2) is 74.4 Å². The van der Waals surface area contributed by atoms with Crippen molar-refractivity contribution >= 4 is 21.9 Å². The van der Waals surface area contributed by atoms with Gasteiger partial charge in [-0.2, -0.15) is 4.31 Å². The van der Waals surface area contributed by atoms with Crippen LogP contribution in [0, 0.1) is 0 Å². The molecule has 10 heteroatoms. The van der Waals surface area contributed by atoms with E-state index in [0.717, 1.165) is 0 Å². The minimum Gasteiger partial charge on any atom is -0.460 e. The van der Waals surface area contributed by atoms with E-state index in [-0.39, 0.29) is 36.0 Å². The third-order valence-corrected chi connectivity index (χ3v) is 6.57. The van der Waals surface area contributed by atoms with Gasteiger partial charge in [-0.05, 0) is 38.8 Å². The first-order chi connectivity index (χ1) is 12.8. The summed E-state index contributed by atoms with van der Waals surface area (Å²) in [6.45, 7) is 5.84. The van der Waals surface area contributed by atoms with Crippen molar-refractivity contribution in [2.24, 2.45) is 0 Å². The molecule has 1 aromatic rings. The summed E-state index contributed by atoms with van der Waals surface area (Å²) in [5.74, 6) is -1.07. The van der Waals surface area contributed by atoms with E-state index in [9.17, 15) is 18.0 Å². The van der Waals surface area contributed by atoms with Crippen molar-refractivity contribution in [3.63, 3.8) is 0 Å². The first-order valence-electron chi connectivity index (χ1n) is 9.15. The molecule has 2 saturated heterocycles. The molecule has 0 saturated carbocycles. The SMILES string of the molecule is CCOC(=O)c1ccc(S(=O)(=O)N2CCCC2C(=O)N2CCN[C@H](C)C2)o1. The molecule has 0 spiro atoms. The Morgan fingerprint density at radius 3 is 2.81 bits per heavy atom. The van der Waals surface area contributed by atoms with E-state index >= 15 is 0 Å². The Morgan fingerprint density at radius 2 is 2.11 bits per heavy atom. The summed E-state index contributed by atoms with van der Waals surface area (Å²) in [4.78, 5) is 26.4. The van der Waals surface area contributed by atoms with Crippen molar-refractivity contribution in [1.82, 2.24) is 14.5 Å². The van der Waals surface area contributed by atoms with Crippen molar-refractivity contribution in [3.05, 3.63) is 17.9 Å². The van der Waals surface area contributed by atoms with Crippen LogP contribution in [0.25, 0.3) is 0 Å². The van der Waals surface area contributed by atoms with Gasteiger partial charge in [0.25, 0.3) is 10.0 Å². The first kappa shape index (κ1) is 19.8. The fourth-order valence-corrected chi connectivity index (χ4v) is 5.07. The van der Waals surface area contributed by atoms with Crippen LogP contribution in [0.4, 0.5) is 0 Å². The Kier molecular flexibility index (Phi) is 5.87. The highest BCUT2D eigenvalue weighted by Crippen LogP contribution is 2.28. The number of piperazine rings is 1. The lowest BCUT2D eigenvalue weighted by molar-refractivity contribution is -0.135. The second-order valence-corrected chi connectivity index (χ2v) is 8.57. The Labute approximate surface area is 158 Å². The zero-order chi connectivity index (χ0) is 19.6. The molecular formula is C17H25N3O6S. The number of amides is 1. The van der Waals surface area contributed by atoms with E-state index in [0.29, 0.717) is 32.5 Å². The first-order valence-corrected chi connectivity index (χ1v) is 10.6. The van der Waals surface area contributed by atoms with Crippen molar-refractivity contribution in [2.75, 3.05) is 32.8 Å². The zero-order valence-corrected chi connectivity index (χ0v) is 16.3. The van der Waals surface area contributed by atoms with E-state index in [4.69, 9.17) is 9.15 Å². The summed E-state index contributed by atoms with van der Waals surface area (Å²) in [6.07, 6.45) is 1.07. The van der Waals surface area contributed by atoms with Crippen molar-refractivity contribution < 1.29 is 27.2 Å². The smallest absolute Gasteiger partial charge is 0.374 e. The Bertz CT molecular complexity index is 805. The van der Waals surface area contributed by atoms with Crippen molar-refractivity contribution in [2.45, 2.75) is 43.9 Å². The van der Waals surface area contributed by atoms with Gasteiger partial charge in [-0.3, -0.25) is 4.79 Å². The monoisotopic (exact) mass is 399 g/mol. The molecule has 3 rings (SSSR count). The molecule has 1 unspecified atom stereocenters. The Hall–Kier alpha value is -1.91. The van der Waals surface area contributed by atoms with Gasteiger partial charge in [0.1, 0.15) is 6.04 Å². The fourth-order valence-electron chi connectivity index (χ4n) is 3.50. The molecule has 2 atom stereocenters. The molecule has 0 aliphatic carbocycles. The number of carbonyl (C=O) groups excluding carboxylic acids is 2. The van der Waals surface area contributed by atoms with Crippen molar-refractivity contribution in [1.29, 1.82) is 0 Å². The van der Waals surface area contributed by atoms with Crippen LogP contribution in [0.3, 0.4) is 0 Å². The van der Waals surface area contributed by atoms with E-state index in [1.165, 1.54) is 16.4 Å². The maximum absolute atomic E-state index is 13.0. The molecule has 9 nitrogen and oxygen atoms in total. The standard InChI is InChI=1S/C17H25N3O6S/c1-3-25-17(22)14-6-7-15(26-14)27(23,24)20-9-4-5-13(20)16(21)19-10-8-18-12(2)11-19/h6-7,12-13,18H,3-5,8-11H2,1-2H3/t12-,13?/m1/s1. The van der Waals surface area contributed by atoms with Crippen LogP contribution in [0.15, 0.2) is 21.6 Å². The number of hydrogen-bond donors (Lipinski definition) is 1. The van der Waals surface area contributed by atoms with E-state index in [2.05, 4.69) is 5.32 Å². The summed E-state index contributed by atoms with van der Waals surface area (Å²) >= 11 is 0. The molecule has 2 fully saturated rings. The number of furan rings is 1. The second kappa shape index (κ2) is 7.99. The summed E-state index contributed by atoms with van der Waals surface area (Å²) < 4.78 is 37.2. The minimum atomic E-state index is -4.02. The van der Waals surface area contributed by atoms with E-state index in [1.54, 1.807) is 11.8 Å². The molecule has 2 aliphatic heterocycles. The normalized spacial score (nSPS) is 24.1. The van der Waals surface area contributed by atoms with Crippen LogP contribution in [-0.2, 0) is 19.6 Å². The molecule has 3 heterocycles. The third kappa shape index (κ3) is 4.02. The van der Waals surface area contributed by atoms with E-state index < -0.39 is 22.0 Å². The molecular weight excluding hydrogens is 374 g/mol. The van der Waals surface area contributed by atoms with Gasteiger partial charge < -0.3 is 19.4 Å². The molecule has 0 radical (unpaired) electrons. The second-order valence-electron chi connectivity index (χ2n) is 6.75. The minimum absolute atomic E-state index is 0.160. The predicted molar refractivity (Wildman–Crippen MR) is 95.6 cm³/mol. The number of ether oxygens (including phenoxy) is 1. The number of sulfonamides is 1. The summed E-state index contributed by atoms with van der Waals surface area (Å²) in [6, 6.07) is 1.94. The van der Waals surface area contributed by atoms with Gasteiger partial charge in [0.15, 0.2) is 0 Å². The topological polar surface area (TPSA) is 109 Å². The Morgan fingerprint density at radius 1 is 1.33 bits per heavy atom. The number of carbonyl (C=O) groups is 2. The Balaban J connectivity index is 1.79. The van der Waals surface area contributed by atoms with Crippen LogP contribution < -0.4 is 5.32 Å². The zero-order valence-electron chi connectivity index (χ0n) is 15.5. The summed E-state index contributed by atoms with van der Waals surface area (Å²) in [5, 5.41) is 2.92.